The van der Waals surface area contributed by atoms with E-state index in [-0.39, 0.29) is 12.1 Å². The number of ether oxygens (including phenoxy) is 1. The molecular weight excluding hydrogens is 464 g/mol. The van der Waals surface area contributed by atoms with Gasteiger partial charge in [0.05, 0.1) is 0 Å². The highest BCUT2D eigenvalue weighted by Gasteiger charge is 2.56. The van der Waals surface area contributed by atoms with Gasteiger partial charge in [-0.1, -0.05) is 105 Å². The van der Waals surface area contributed by atoms with Gasteiger partial charge in [-0.15, -0.1) is 0 Å². The van der Waals surface area contributed by atoms with Gasteiger partial charge < -0.3 is 4.74 Å². The molecule has 3 fully saturated rings. The number of allylic oxidation sites excluding steroid dienone is 1. The van der Waals surface area contributed by atoms with Gasteiger partial charge in [0, 0.05) is 12.8 Å². The van der Waals surface area contributed by atoms with Crippen molar-refractivity contribution in [3.05, 3.63) is 11.6 Å². The average Bonchev–Trinajstić information content (AvgIpc) is 3.33. The third-order valence-corrected chi connectivity index (χ3v) is 12.0. The molecule has 2 heteroatoms. The van der Waals surface area contributed by atoms with Crippen LogP contribution in [0.3, 0.4) is 0 Å². The SMILES string of the molecule is CCCCCCCCC(=O)O[C@H]1CC[C@@]2(C)C(=CC[C@H]3[C@@H]4CC[C@H](C(C)CCCC(C)C)C4[C@H](C)C[C@@H]32)C1. The molecule has 4 rings (SSSR count). The van der Waals surface area contributed by atoms with Crippen LogP contribution in [0, 0.1) is 52.8 Å². The molecule has 0 spiro atoms. The highest BCUT2D eigenvalue weighted by atomic mass is 16.5. The summed E-state index contributed by atoms with van der Waals surface area (Å²) >= 11 is 0. The van der Waals surface area contributed by atoms with Crippen molar-refractivity contribution in [3.8, 4) is 0 Å². The Labute approximate surface area is 236 Å². The maximum absolute atomic E-state index is 12.6. The Hall–Kier alpha value is -0.790. The first kappa shape index (κ1) is 30.2. The summed E-state index contributed by atoms with van der Waals surface area (Å²) in [6, 6.07) is 0. The van der Waals surface area contributed by atoms with E-state index in [2.05, 4.69) is 47.6 Å². The van der Waals surface area contributed by atoms with Crippen LogP contribution < -0.4 is 0 Å². The third kappa shape index (κ3) is 6.91. The van der Waals surface area contributed by atoms with Gasteiger partial charge in [-0.25, -0.2) is 0 Å². The summed E-state index contributed by atoms with van der Waals surface area (Å²) in [5.41, 5.74) is 1.98. The molecule has 218 valence electrons. The molecule has 0 amide bonds. The number of fused-ring (bicyclic) bond motifs is 5. The summed E-state index contributed by atoms with van der Waals surface area (Å²) < 4.78 is 6.05. The molecule has 0 radical (unpaired) electrons. The van der Waals surface area contributed by atoms with E-state index in [1.165, 1.54) is 83.5 Å². The number of hydrogen-bond donors (Lipinski definition) is 0. The molecule has 0 bridgehead atoms. The molecule has 4 aliphatic rings. The van der Waals surface area contributed by atoms with Gasteiger partial charge in [-0.3, -0.25) is 4.79 Å². The Morgan fingerprint density at radius 3 is 2.53 bits per heavy atom. The lowest BCUT2D eigenvalue weighted by molar-refractivity contribution is -0.151. The fourth-order valence-electron chi connectivity index (χ4n) is 9.87. The fourth-order valence-corrected chi connectivity index (χ4v) is 9.87. The summed E-state index contributed by atoms with van der Waals surface area (Å²) in [6.45, 7) is 14.8. The second-order valence-corrected chi connectivity index (χ2v) is 15.0. The predicted molar refractivity (Wildman–Crippen MR) is 161 cm³/mol. The zero-order chi connectivity index (χ0) is 27.3. The van der Waals surface area contributed by atoms with Crippen LogP contribution in [0.1, 0.15) is 151 Å². The number of unbranched alkanes of at least 4 members (excludes halogenated alkanes) is 5. The zero-order valence-electron chi connectivity index (χ0n) is 26.1. The molecule has 3 saturated carbocycles. The summed E-state index contributed by atoms with van der Waals surface area (Å²) in [4.78, 5) is 12.6. The Kier molecular flexibility index (Phi) is 10.9. The lowest BCUT2D eigenvalue weighted by atomic mass is 9.48. The van der Waals surface area contributed by atoms with Crippen molar-refractivity contribution >= 4 is 5.97 Å². The number of carbonyl (C=O) groups excluding carboxylic acids is 1. The van der Waals surface area contributed by atoms with Crippen molar-refractivity contribution < 1.29 is 9.53 Å². The van der Waals surface area contributed by atoms with E-state index in [0.717, 1.165) is 66.6 Å². The predicted octanol–water partition coefficient (Wildman–Crippen LogP) is 10.5. The van der Waals surface area contributed by atoms with E-state index in [1.807, 2.05) is 0 Å². The van der Waals surface area contributed by atoms with Crippen LogP contribution >= 0.6 is 0 Å². The van der Waals surface area contributed by atoms with Crippen LogP contribution in [0.2, 0.25) is 0 Å². The van der Waals surface area contributed by atoms with Gasteiger partial charge in [0.1, 0.15) is 6.10 Å². The van der Waals surface area contributed by atoms with Crippen molar-refractivity contribution in [2.75, 3.05) is 0 Å². The number of esters is 1. The van der Waals surface area contributed by atoms with Gasteiger partial charge >= 0.3 is 5.97 Å². The Morgan fingerprint density at radius 1 is 1.00 bits per heavy atom. The normalized spacial score (nSPS) is 37.2. The smallest absolute Gasteiger partial charge is 0.306 e. The van der Waals surface area contributed by atoms with E-state index in [0.29, 0.717) is 11.8 Å². The second-order valence-electron chi connectivity index (χ2n) is 15.0. The van der Waals surface area contributed by atoms with E-state index < -0.39 is 0 Å². The molecule has 0 aliphatic heterocycles. The van der Waals surface area contributed by atoms with Crippen LogP contribution in [0.15, 0.2) is 11.6 Å². The molecule has 2 unspecified atom stereocenters. The Balaban J connectivity index is 1.31. The molecule has 4 aliphatic carbocycles. The number of rotatable bonds is 13. The average molecular weight is 527 g/mol. The summed E-state index contributed by atoms with van der Waals surface area (Å²) in [7, 11) is 0. The van der Waals surface area contributed by atoms with Gasteiger partial charge in [0.25, 0.3) is 0 Å². The second kappa shape index (κ2) is 13.7. The molecule has 9 atom stereocenters. The molecule has 0 aromatic heterocycles. The van der Waals surface area contributed by atoms with Gasteiger partial charge in [0.15, 0.2) is 0 Å². The van der Waals surface area contributed by atoms with Crippen molar-refractivity contribution in [2.24, 2.45) is 52.8 Å². The first-order valence-corrected chi connectivity index (χ1v) is 17.1. The monoisotopic (exact) mass is 526 g/mol. The Bertz CT molecular complexity index is 782. The minimum absolute atomic E-state index is 0.0528. The Morgan fingerprint density at radius 2 is 1.76 bits per heavy atom. The molecule has 0 aromatic carbocycles. The first-order valence-electron chi connectivity index (χ1n) is 17.1. The summed E-state index contributed by atoms with van der Waals surface area (Å²) in [5, 5.41) is 0. The quantitative estimate of drug-likeness (QED) is 0.135. The third-order valence-electron chi connectivity index (χ3n) is 12.0. The fraction of sp³-hybridized carbons (Fsp3) is 0.917. The van der Waals surface area contributed by atoms with Crippen molar-refractivity contribution in [1.82, 2.24) is 0 Å². The van der Waals surface area contributed by atoms with Crippen molar-refractivity contribution in [1.29, 1.82) is 0 Å². The molecular formula is C36H62O2. The van der Waals surface area contributed by atoms with E-state index in [9.17, 15) is 4.79 Å². The van der Waals surface area contributed by atoms with Crippen molar-refractivity contribution in [2.45, 2.75) is 157 Å². The van der Waals surface area contributed by atoms with Crippen molar-refractivity contribution in [3.63, 3.8) is 0 Å². The minimum atomic E-state index is 0.0528. The lowest BCUT2D eigenvalue weighted by Crippen LogP contribution is -2.50. The van der Waals surface area contributed by atoms with E-state index in [4.69, 9.17) is 4.74 Å². The summed E-state index contributed by atoms with van der Waals surface area (Å²) in [6.07, 6.45) is 23.9. The van der Waals surface area contributed by atoms with E-state index in [1.54, 1.807) is 5.57 Å². The van der Waals surface area contributed by atoms with Crippen LogP contribution in [0.5, 0.6) is 0 Å². The maximum Gasteiger partial charge on any atom is 0.306 e. The highest BCUT2D eigenvalue weighted by Crippen LogP contribution is 2.64. The van der Waals surface area contributed by atoms with Gasteiger partial charge in [0.2, 0.25) is 0 Å². The topological polar surface area (TPSA) is 26.3 Å². The summed E-state index contributed by atoms with van der Waals surface area (Å²) in [5.74, 6) is 7.26. The standard InChI is InChI=1S/C36H62O2/c1-7-8-9-10-11-12-16-34(37)38-29-21-22-36(6)28(24-29)17-18-31-32-20-19-30(26(4)15-13-14-25(2)3)35(32)27(5)23-33(31)36/h17,25-27,29-33,35H,7-16,18-24H2,1-6H3/t26?,27-,29+,30-,31+,32+,33+,35?,36+/m1/s1. The molecule has 0 aromatic rings. The maximum atomic E-state index is 12.6. The van der Waals surface area contributed by atoms with E-state index >= 15 is 0 Å². The number of carbonyl (C=O) groups is 1. The van der Waals surface area contributed by atoms with Crippen LogP contribution in [0.4, 0.5) is 0 Å². The minimum Gasteiger partial charge on any atom is -0.462 e. The van der Waals surface area contributed by atoms with Crippen LogP contribution in [-0.2, 0) is 9.53 Å². The molecule has 0 heterocycles. The van der Waals surface area contributed by atoms with Gasteiger partial charge in [-0.05, 0) is 97.7 Å². The molecule has 0 saturated heterocycles. The van der Waals surface area contributed by atoms with Gasteiger partial charge in [-0.2, -0.15) is 0 Å². The largest absolute Gasteiger partial charge is 0.462 e. The van der Waals surface area contributed by atoms with Crippen LogP contribution in [-0.4, -0.2) is 12.1 Å². The van der Waals surface area contributed by atoms with Crippen LogP contribution in [0.25, 0.3) is 0 Å². The molecule has 2 nitrogen and oxygen atoms in total. The zero-order valence-corrected chi connectivity index (χ0v) is 26.1. The first-order chi connectivity index (χ1) is 18.2. The molecule has 0 N–H and O–H groups in total. The number of hydrogen-bond acceptors (Lipinski definition) is 2. The highest BCUT2D eigenvalue weighted by molar-refractivity contribution is 5.69. The molecule has 38 heavy (non-hydrogen) atoms. The lowest BCUT2D eigenvalue weighted by Gasteiger charge is -2.57.